The van der Waals surface area contributed by atoms with Gasteiger partial charge in [-0.3, -0.25) is 15.3 Å². The maximum Gasteiger partial charge on any atom is 0.412 e. The van der Waals surface area contributed by atoms with E-state index in [0.717, 1.165) is 0 Å². The summed E-state index contributed by atoms with van der Waals surface area (Å²) in [5.74, 6) is -2.79. The molecule has 1 amide bonds. The van der Waals surface area contributed by atoms with Gasteiger partial charge in [0.25, 0.3) is 0 Å². The summed E-state index contributed by atoms with van der Waals surface area (Å²) in [6, 6.07) is 7.24. The van der Waals surface area contributed by atoms with Gasteiger partial charge in [0.1, 0.15) is 5.60 Å². The van der Waals surface area contributed by atoms with E-state index in [1.54, 1.807) is 45.3 Å². The summed E-state index contributed by atoms with van der Waals surface area (Å²) in [6.07, 6.45) is 2.95. The molecule has 150 valence electrons. The van der Waals surface area contributed by atoms with Crippen LogP contribution in [-0.4, -0.2) is 27.6 Å². The van der Waals surface area contributed by atoms with Gasteiger partial charge in [-0.1, -0.05) is 6.07 Å². The van der Waals surface area contributed by atoms with Crippen molar-refractivity contribution < 1.29 is 18.3 Å². The van der Waals surface area contributed by atoms with Crippen molar-refractivity contribution in [2.75, 3.05) is 5.32 Å². The predicted molar refractivity (Wildman–Crippen MR) is 103 cm³/mol. The van der Waals surface area contributed by atoms with Crippen LogP contribution in [0.1, 0.15) is 58.1 Å². The zero-order valence-electron chi connectivity index (χ0n) is 16.3. The Morgan fingerprint density at radius 3 is 2.46 bits per heavy atom. The average molecular weight is 389 g/mol. The van der Waals surface area contributed by atoms with Gasteiger partial charge in [0, 0.05) is 36.7 Å². The number of anilines is 1. The van der Waals surface area contributed by atoms with Crippen molar-refractivity contribution in [3.05, 3.63) is 42.4 Å². The molecule has 1 aliphatic carbocycles. The van der Waals surface area contributed by atoms with Crippen LogP contribution in [0.2, 0.25) is 0 Å². The lowest BCUT2D eigenvalue weighted by Crippen LogP contribution is -2.29. The number of halogens is 2. The Kier molecular flexibility index (Phi) is 5.63. The highest BCUT2D eigenvalue weighted by Crippen LogP contribution is 2.44. The van der Waals surface area contributed by atoms with E-state index in [4.69, 9.17) is 4.74 Å². The molecule has 2 aromatic heterocycles. The van der Waals surface area contributed by atoms with E-state index in [1.807, 2.05) is 12.1 Å². The number of carbonyl (C=O) groups is 1. The van der Waals surface area contributed by atoms with Crippen LogP contribution in [0.3, 0.4) is 0 Å². The van der Waals surface area contributed by atoms with Crippen LogP contribution in [-0.2, 0) is 4.74 Å². The first-order chi connectivity index (χ1) is 13.1. The molecule has 1 fully saturated rings. The summed E-state index contributed by atoms with van der Waals surface area (Å²) in [4.78, 5) is 21.3. The Balaban J connectivity index is 1.98. The number of amides is 1. The second-order valence-corrected chi connectivity index (χ2v) is 8.09. The fourth-order valence-corrected chi connectivity index (χ4v) is 3.37. The number of nitrogens with one attached hydrogen (secondary N) is 1. The zero-order chi connectivity index (χ0) is 20.4. The van der Waals surface area contributed by atoms with E-state index >= 15 is 0 Å². The SMILES string of the molecule is CC(C)(C)OC(=O)Nc1c(-c2ccccn2)ccnc1C1CCC(F)(F)CC1. The third-order valence-electron chi connectivity index (χ3n) is 4.65. The number of hydrogen-bond donors (Lipinski definition) is 1. The Morgan fingerprint density at radius 1 is 1.14 bits per heavy atom. The van der Waals surface area contributed by atoms with Crippen molar-refractivity contribution >= 4 is 11.8 Å². The first-order valence-electron chi connectivity index (χ1n) is 9.43. The number of pyridine rings is 2. The van der Waals surface area contributed by atoms with Crippen LogP contribution in [0.25, 0.3) is 11.3 Å². The molecule has 1 saturated carbocycles. The molecule has 0 aromatic carbocycles. The number of nitrogens with zero attached hydrogens (tertiary/aromatic N) is 2. The first-order valence-corrected chi connectivity index (χ1v) is 9.43. The molecule has 28 heavy (non-hydrogen) atoms. The molecule has 7 heteroatoms. The molecule has 2 aromatic rings. The van der Waals surface area contributed by atoms with Gasteiger partial charge in [-0.15, -0.1) is 0 Å². The van der Waals surface area contributed by atoms with Gasteiger partial charge < -0.3 is 4.74 Å². The van der Waals surface area contributed by atoms with Gasteiger partial charge in [0.2, 0.25) is 5.92 Å². The van der Waals surface area contributed by atoms with Gasteiger partial charge in [-0.2, -0.15) is 0 Å². The third kappa shape index (κ3) is 5.03. The van der Waals surface area contributed by atoms with Gasteiger partial charge in [0.15, 0.2) is 0 Å². The van der Waals surface area contributed by atoms with Crippen molar-refractivity contribution in [1.82, 2.24) is 9.97 Å². The molecule has 1 N–H and O–H groups in total. The van der Waals surface area contributed by atoms with Crippen molar-refractivity contribution in [3.63, 3.8) is 0 Å². The number of carbonyl (C=O) groups excluding carboxylic acids is 1. The van der Waals surface area contributed by atoms with Crippen LogP contribution in [0, 0.1) is 0 Å². The molecule has 0 atom stereocenters. The topological polar surface area (TPSA) is 64.1 Å². The lowest BCUT2D eigenvalue weighted by Gasteiger charge is -2.29. The number of alkyl halides is 2. The molecule has 1 aliphatic rings. The quantitative estimate of drug-likeness (QED) is 0.722. The fraction of sp³-hybridized carbons (Fsp3) is 0.476. The van der Waals surface area contributed by atoms with E-state index in [9.17, 15) is 13.6 Å². The normalized spacial score (nSPS) is 17.2. The van der Waals surface area contributed by atoms with E-state index < -0.39 is 17.6 Å². The number of aromatic nitrogens is 2. The van der Waals surface area contributed by atoms with Crippen LogP contribution in [0.15, 0.2) is 36.7 Å². The standard InChI is InChI=1S/C21H25F2N3O2/c1-20(2,3)28-19(27)26-18-15(16-6-4-5-12-24-16)9-13-25-17(18)14-7-10-21(22,23)11-8-14/h4-6,9,12-14H,7-8,10-11H2,1-3H3,(H,26,27). The molecule has 2 heterocycles. The molecular formula is C21H25F2N3O2. The minimum absolute atomic E-state index is 0.159. The van der Waals surface area contributed by atoms with Crippen molar-refractivity contribution in [2.45, 2.75) is 63.9 Å². The number of rotatable bonds is 3. The first kappa shape index (κ1) is 20.2. The minimum Gasteiger partial charge on any atom is -0.444 e. The highest BCUT2D eigenvalue weighted by molar-refractivity contribution is 5.92. The zero-order valence-corrected chi connectivity index (χ0v) is 16.3. The van der Waals surface area contributed by atoms with Crippen molar-refractivity contribution in [1.29, 1.82) is 0 Å². The van der Waals surface area contributed by atoms with Gasteiger partial charge in [-0.05, 0) is 51.8 Å². The summed E-state index contributed by atoms with van der Waals surface area (Å²) in [6.45, 7) is 5.33. The molecule has 3 rings (SSSR count). The molecule has 5 nitrogen and oxygen atoms in total. The smallest absolute Gasteiger partial charge is 0.412 e. The van der Waals surface area contributed by atoms with Crippen LogP contribution in [0.4, 0.5) is 19.3 Å². The lowest BCUT2D eigenvalue weighted by molar-refractivity contribution is -0.0384. The van der Waals surface area contributed by atoms with Gasteiger partial charge >= 0.3 is 6.09 Å². The summed E-state index contributed by atoms with van der Waals surface area (Å²) >= 11 is 0. The fourth-order valence-electron chi connectivity index (χ4n) is 3.37. The highest BCUT2D eigenvalue weighted by atomic mass is 19.3. The van der Waals surface area contributed by atoms with Crippen LogP contribution >= 0.6 is 0 Å². The summed E-state index contributed by atoms with van der Waals surface area (Å²) in [7, 11) is 0. The van der Waals surface area contributed by atoms with E-state index in [2.05, 4.69) is 15.3 Å². The third-order valence-corrected chi connectivity index (χ3v) is 4.65. The van der Waals surface area contributed by atoms with Crippen LogP contribution in [0.5, 0.6) is 0 Å². The number of hydrogen-bond acceptors (Lipinski definition) is 4. The van der Waals surface area contributed by atoms with Gasteiger partial charge in [-0.25, -0.2) is 13.6 Å². The lowest BCUT2D eigenvalue weighted by atomic mass is 9.83. The largest absolute Gasteiger partial charge is 0.444 e. The van der Waals surface area contributed by atoms with Gasteiger partial charge in [0.05, 0.1) is 17.1 Å². The molecule has 0 radical (unpaired) electrons. The van der Waals surface area contributed by atoms with E-state index in [0.29, 0.717) is 35.5 Å². The predicted octanol–water partition coefficient (Wildman–Crippen LogP) is 5.78. The summed E-state index contributed by atoms with van der Waals surface area (Å²) in [5, 5.41) is 2.80. The van der Waals surface area contributed by atoms with E-state index in [1.165, 1.54) is 0 Å². The number of ether oxygens (including phenoxy) is 1. The Morgan fingerprint density at radius 2 is 1.86 bits per heavy atom. The molecule has 0 spiro atoms. The Hall–Kier alpha value is -2.57. The van der Waals surface area contributed by atoms with Crippen LogP contribution < -0.4 is 5.32 Å². The van der Waals surface area contributed by atoms with Crippen molar-refractivity contribution in [3.8, 4) is 11.3 Å². The Bertz CT molecular complexity index is 825. The Labute approximate surface area is 163 Å². The highest BCUT2D eigenvalue weighted by Gasteiger charge is 2.37. The molecule has 0 aliphatic heterocycles. The minimum atomic E-state index is -2.63. The second-order valence-electron chi connectivity index (χ2n) is 8.09. The van der Waals surface area contributed by atoms with E-state index in [-0.39, 0.29) is 18.8 Å². The molecule has 0 saturated heterocycles. The monoisotopic (exact) mass is 389 g/mol. The molecule has 0 bridgehead atoms. The van der Waals surface area contributed by atoms with Crippen molar-refractivity contribution in [2.24, 2.45) is 0 Å². The summed E-state index contributed by atoms with van der Waals surface area (Å²) < 4.78 is 32.6. The second kappa shape index (κ2) is 7.81. The summed E-state index contributed by atoms with van der Waals surface area (Å²) in [5.41, 5.74) is 1.77. The molecular weight excluding hydrogens is 364 g/mol. The average Bonchev–Trinajstić information content (AvgIpc) is 2.61. The maximum absolute atomic E-state index is 13.6. The maximum atomic E-state index is 13.6. The molecule has 0 unspecified atom stereocenters.